The van der Waals surface area contributed by atoms with Crippen molar-refractivity contribution in [2.24, 2.45) is 0 Å². The molecule has 0 amide bonds. The molecule has 15 heavy (non-hydrogen) atoms. The number of rotatable bonds is 4. The van der Waals surface area contributed by atoms with Crippen LogP contribution in [0.15, 0.2) is 12.1 Å². The minimum absolute atomic E-state index is 0.719. The zero-order valence-corrected chi connectivity index (χ0v) is 10.4. The van der Waals surface area contributed by atoms with Gasteiger partial charge in [0.05, 0.1) is 0 Å². The number of hydrogen-bond acceptors (Lipinski definition) is 3. The Labute approximate surface area is 96.3 Å². The van der Waals surface area contributed by atoms with Gasteiger partial charge in [-0.25, -0.2) is 0 Å². The van der Waals surface area contributed by atoms with Gasteiger partial charge in [0.1, 0.15) is 0 Å². The van der Waals surface area contributed by atoms with Gasteiger partial charge >= 0.3 is 0 Å². The number of likely N-dealkylation sites (tertiary alicyclic amines) is 1. The molecular formula is C12H20N2S. The maximum atomic E-state index is 3.53. The second-order valence-electron chi connectivity index (χ2n) is 4.29. The van der Waals surface area contributed by atoms with Gasteiger partial charge in [-0.3, -0.25) is 4.90 Å². The van der Waals surface area contributed by atoms with E-state index in [9.17, 15) is 0 Å². The number of aryl methyl sites for hydroxylation is 1. The quantitative estimate of drug-likeness (QED) is 0.844. The second kappa shape index (κ2) is 5.10. The Bertz CT molecular complexity index is 308. The molecule has 2 rings (SSSR count). The van der Waals surface area contributed by atoms with Crippen LogP contribution in [0.5, 0.6) is 0 Å². The lowest BCUT2D eigenvalue weighted by Crippen LogP contribution is -2.31. The van der Waals surface area contributed by atoms with E-state index in [4.69, 9.17) is 0 Å². The molecule has 0 aromatic carbocycles. The maximum Gasteiger partial charge on any atom is 0.0328 e. The largest absolute Gasteiger partial charge is 0.313 e. The van der Waals surface area contributed by atoms with Gasteiger partial charge in [0, 0.05) is 35.4 Å². The molecule has 1 N–H and O–H groups in total. The molecule has 1 aliphatic heterocycles. The lowest BCUT2D eigenvalue weighted by atomic mass is 10.3. The predicted octanol–water partition coefficient (Wildman–Crippen LogP) is 2.24. The molecule has 1 atom stereocenters. The summed E-state index contributed by atoms with van der Waals surface area (Å²) in [5.74, 6) is 0. The molecule has 0 aliphatic carbocycles. The highest BCUT2D eigenvalue weighted by molar-refractivity contribution is 7.11. The van der Waals surface area contributed by atoms with Crippen LogP contribution in [0, 0.1) is 6.92 Å². The normalized spacial score (nSPS) is 22.4. The summed E-state index contributed by atoms with van der Waals surface area (Å²) < 4.78 is 0. The molecule has 1 fully saturated rings. The average molecular weight is 224 g/mol. The lowest BCUT2D eigenvalue weighted by molar-refractivity contribution is 0.323. The zero-order valence-electron chi connectivity index (χ0n) is 9.62. The van der Waals surface area contributed by atoms with Gasteiger partial charge < -0.3 is 5.32 Å². The fourth-order valence-electron chi connectivity index (χ4n) is 2.22. The van der Waals surface area contributed by atoms with E-state index in [-0.39, 0.29) is 0 Å². The van der Waals surface area contributed by atoms with Crippen molar-refractivity contribution >= 4 is 11.3 Å². The van der Waals surface area contributed by atoms with Crippen LogP contribution in [0.1, 0.15) is 23.1 Å². The third kappa shape index (κ3) is 3.03. The summed E-state index contributed by atoms with van der Waals surface area (Å²) in [7, 11) is 0. The van der Waals surface area contributed by atoms with Gasteiger partial charge in [-0.2, -0.15) is 0 Å². The smallest absolute Gasteiger partial charge is 0.0328 e. The second-order valence-corrected chi connectivity index (χ2v) is 5.66. The molecule has 2 heterocycles. The predicted molar refractivity (Wildman–Crippen MR) is 66.4 cm³/mol. The van der Waals surface area contributed by atoms with Crippen LogP contribution in [0.4, 0.5) is 0 Å². The van der Waals surface area contributed by atoms with Crippen LogP contribution in [0.25, 0.3) is 0 Å². The van der Waals surface area contributed by atoms with Gasteiger partial charge in [0.15, 0.2) is 0 Å². The molecule has 2 nitrogen and oxygen atoms in total. The fourth-order valence-corrected chi connectivity index (χ4v) is 3.15. The standard InChI is InChI=1S/C12H20N2S/c1-3-13-11-6-7-14(8-11)9-12-5-4-10(2)15-12/h4-5,11,13H,3,6-9H2,1-2H3. The Morgan fingerprint density at radius 2 is 2.40 bits per heavy atom. The van der Waals surface area contributed by atoms with Gasteiger partial charge in [0.25, 0.3) is 0 Å². The molecule has 1 aromatic heterocycles. The number of hydrogen-bond donors (Lipinski definition) is 1. The van der Waals surface area contributed by atoms with Crippen LogP contribution < -0.4 is 5.32 Å². The van der Waals surface area contributed by atoms with E-state index in [0.29, 0.717) is 0 Å². The summed E-state index contributed by atoms with van der Waals surface area (Å²) in [6.45, 7) is 9.06. The van der Waals surface area contributed by atoms with Crippen molar-refractivity contribution in [3.05, 3.63) is 21.9 Å². The number of nitrogens with zero attached hydrogens (tertiary/aromatic N) is 1. The first-order valence-corrected chi connectivity index (χ1v) is 6.60. The van der Waals surface area contributed by atoms with Crippen LogP contribution in [0.3, 0.4) is 0 Å². The molecule has 0 spiro atoms. The van der Waals surface area contributed by atoms with Crippen molar-refractivity contribution in [1.29, 1.82) is 0 Å². The molecule has 1 unspecified atom stereocenters. The first kappa shape index (κ1) is 11.1. The van der Waals surface area contributed by atoms with Crippen LogP contribution >= 0.6 is 11.3 Å². The van der Waals surface area contributed by atoms with E-state index in [2.05, 4.69) is 36.2 Å². The molecular weight excluding hydrogens is 204 g/mol. The van der Waals surface area contributed by atoms with Crippen LogP contribution in [0.2, 0.25) is 0 Å². The highest BCUT2D eigenvalue weighted by Crippen LogP contribution is 2.19. The lowest BCUT2D eigenvalue weighted by Gasteiger charge is -2.15. The third-order valence-electron chi connectivity index (χ3n) is 2.94. The molecule has 0 radical (unpaired) electrons. The zero-order chi connectivity index (χ0) is 10.7. The molecule has 0 bridgehead atoms. The molecule has 1 saturated heterocycles. The Kier molecular flexibility index (Phi) is 3.78. The SMILES string of the molecule is CCNC1CCN(Cc2ccc(C)s2)C1. The van der Waals surface area contributed by atoms with Crippen molar-refractivity contribution < 1.29 is 0 Å². The van der Waals surface area contributed by atoms with E-state index in [1.165, 1.54) is 29.3 Å². The Hall–Kier alpha value is -0.380. The topological polar surface area (TPSA) is 15.3 Å². The van der Waals surface area contributed by atoms with E-state index in [1.807, 2.05) is 11.3 Å². The van der Waals surface area contributed by atoms with Crippen molar-refractivity contribution in [3.63, 3.8) is 0 Å². The first-order valence-electron chi connectivity index (χ1n) is 5.79. The highest BCUT2D eigenvalue weighted by atomic mass is 32.1. The molecule has 1 aromatic rings. The number of thiophene rings is 1. The van der Waals surface area contributed by atoms with Crippen molar-refractivity contribution in [1.82, 2.24) is 10.2 Å². The molecule has 84 valence electrons. The van der Waals surface area contributed by atoms with Crippen molar-refractivity contribution in [3.8, 4) is 0 Å². The summed E-state index contributed by atoms with van der Waals surface area (Å²) in [6, 6.07) is 5.20. The molecule has 0 saturated carbocycles. The van der Waals surface area contributed by atoms with Gasteiger partial charge in [-0.1, -0.05) is 6.92 Å². The van der Waals surface area contributed by atoms with Gasteiger partial charge in [-0.05, 0) is 32.0 Å². The molecule has 1 aliphatic rings. The van der Waals surface area contributed by atoms with E-state index in [0.717, 1.165) is 19.1 Å². The third-order valence-corrected chi connectivity index (χ3v) is 3.93. The number of nitrogens with one attached hydrogen (secondary N) is 1. The Balaban J connectivity index is 1.82. The monoisotopic (exact) mass is 224 g/mol. The van der Waals surface area contributed by atoms with E-state index >= 15 is 0 Å². The Morgan fingerprint density at radius 3 is 3.07 bits per heavy atom. The Morgan fingerprint density at radius 1 is 1.53 bits per heavy atom. The van der Waals surface area contributed by atoms with Crippen LogP contribution in [-0.4, -0.2) is 30.6 Å². The summed E-state index contributed by atoms with van der Waals surface area (Å²) in [4.78, 5) is 5.48. The average Bonchev–Trinajstić information content (AvgIpc) is 2.78. The van der Waals surface area contributed by atoms with Gasteiger partial charge in [-0.15, -0.1) is 11.3 Å². The summed E-state index contributed by atoms with van der Waals surface area (Å²) in [5.41, 5.74) is 0. The highest BCUT2D eigenvalue weighted by Gasteiger charge is 2.21. The summed E-state index contributed by atoms with van der Waals surface area (Å²) >= 11 is 1.93. The van der Waals surface area contributed by atoms with Gasteiger partial charge in [0.2, 0.25) is 0 Å². The summed E-state index contributed by atoms with van der Waals surface area (Å²) in [6.07, 6.45) is 1.30. The van der Waals surface area contributed by atoms with Crippen molar-refractivity contribution in [2.75, 3.05) is 19.6 Å². The summed E-state index contributed by atoms with van der Waals surface area (Å²) in [5, 5.41) is 3.53. The first-order chi connectivity index (χ1) is 7.28. The minimum atomic E-state index is 0.719. The van der Waals surface area contributed by atoms with E-state index < -0.39 is 0 Å². The maximum absolute atomic E-state index is 3.53. The minimum Gasteiger partial charge on any atom is -0.313 e. The van der Waals surface area contributed by atoms with E-state index in [1.54, 1.807) is 0 Å². The fraction of sp³-hybridized carbons (Fsp3) is 0.667. The van der Waals surface area contributed by atoms with Crippen molar-refractivity contribution in [2.45, 2.75) is 32.9 Å². The number of likely N-dealkylation sites (N-methyl/N-ethyl adjacent to an activating group) is 1. The molecule has 3 heteroatoms. The van der Waals surface area contributed by atoms with Crippen LogP contribution in [-0.2, 0) is 6.54 Å².